The molecular weight excluding hydrogens is 332 g/mol. The van der Waals surface area contributed by atoms with Gasteiger partial charge in [-0.1, -0.05) is 29.8 Å². The molecule has 6 nitrogen and oxygen atoms in total. The Morgan fingerprint density at radius 1 is 1.21 bits per heavy atom. The van der Waals surface area contributed by atoms with Gasteiger partial charge in [0.15, 0.2) is 6.10 Å². The fraction of sp³-hybridized carbons (Fsp3) is 0.176. The van der Waals surface area contributed by atoms with Crippen LogP contribution in [0.25, 0.3) is 0 Å². The molecule has 0 radical (unpaired) electrons. The zero-order chi connectivity index (χ0) is 17.1. The predicted molar refractivity (Wildman–Crippen MR) is 88.2 cm³/mol. The molecule has 0 spiro atoms. The Bertz CT molecular complexity index is 769. The quantitative estimate of drug-likeness (QED) is 0.835. The summed E-state index contributed by atoms with van der Waals surface area (Å²) in [5.74, 6) is 0.0786. The van der Waals surface area contributed by atoms with Gasteiger partial charge in [-0.3, -0.25) is 20.4 Å². The number of halogens is 1. The molecule has 1 aliphatic heterocycles. The summed E-state index contributed by atoms with van der Waals surface area (Å²) in [7, 11) is 1.45. The molecule has 0 unspecified atom stereocenters. The number of amides is 2. The van der Waals surface area contributed by atoms with Crippen LogP contribution in [0.15, 0.2) is 42.5 Å². The van der Waals surface area contributed by atoms with Crippen molar-refractivity contribution in [3.05, 3.63) is 58.6 Å². The number of para-hydroxylation sites is 1. The highest BCUT2D eigenvalue weighted by molar-refractivity contribution is 6.31. The van der Waals surface area contributed by atoms with Gasteiger partial charge in [0.25, 0.3) is 11.8 Å². The highest BCUT2D eigenvalue weighted by Gasteiger charge is 2.29. The number of benzene rings is 2. The highest BCUT2D eigenvalue weighted by atomic mass is 35.5. The number of ether oxygens (including phenoxy) is 2. The molecule has 0 saturated carbocycles. The molecule has 124 valence electrons. The summed E-state index contributed by atoms with van der Waals surface area (Å²) in [5, 5.41) is 0.391. The largest absolute Gasteiger partial charge is 0.496 e. The van der Waals surface area contributed by atoms with Crippen LogP contribution in [0.5, 0.6) is 11.5 Å². The lowest BCUT2D eigenvalue weighted by Crippen LogP contribution is -2.47. The minimum atomic E-state index is -0.677. The smallest absolute Gasteiger partial charge is 0.279 e. The van der Waals surface area contributed by atoms with Gasteiger partial charge < -0.3 is 9.47 Å². The summed E-state index contributed by atoms with van der Waals surface area (Å²) in [5.41, 5.74) is 5.90. The third kappa shape index (κ3) is 3.28. The van der Waals surface area contributed by atoms with Crippen molar-refractivity contribution in [1.29, 1.82) is 0 Å². The first-order chi connectivity index (χ1) is 11.6. The number of rotatable bonds is 3. The van der Waals surface area contributed by atoms with Gasteiger partial charge in [-0.25, -0.2) is 0 Å². The lowest BCUT2D eigenvalue weighted by Gasteiger charge is -2.13. The van der Waals surface area contributed by atoms with E-state index in [2.05, 4.69) is 10.9 Å². The van der Waals surface area contributed by atoms with Crippen molar-refractivity contribution in [2.45, 2.75) is 12.5 Å². The zero-order valence-electron chi connectivity index (χ0n) is 12.8. The van der Waals surface area contributed by atoms with Crippen molar-refractivity contribution in [2.75, 3.05) is 7.11 Å². The second kappa shape index (κ2) is 6.80. The van der Waals surface area contributed by atoms with E-state index < -0.39 is 17.9 Å². The van der Waals surface area contributed by atoms with E-state index in [1.807, 2.05) is 18.2 Å². The van der Waals surface area contributed by atoms with E-state index in [1.54, 1.807) is 18.2 Å². The number of hydrogen-bond donors (Lipinski definition) is 2. The molecule has 1 aliphatic rings. The monoisotopic (exact) mass is 346 g/mol. The SMILES string of the molecule is COc1ccc(Cl)cc1C(=O)NNC(=O)[C@@H]1Cc2ccccc2O1. The van der Waals surface area contributed by atoms with Crippen molar-refractivity contribution >= 4 is 23.4 Å². The van der Waals surface area contributed by atoms with Crippen LogP contribution in [0, 0.1) is 0 Å². The van der Waals surface area contributed by atoms with Crippen molar-refractivity contribution in [2.24, 2.45) is 0 Å². The molecule has 0 aliphatic carbocycles. The topological polar surface area (TPSA) is 76.7 Å². The van der Waals surface area contributed by atoms with Gasteiger partial charge in [-0.15, -0.1) is 0 Å². The summed E-state index contributed by atoms with van der Waals surface area (Å²) in [6.45, 7) is 0. The summed E-state index contributed by atoms with van der Waals surface area (Å²) in [6.07, 6.45) is -0.220. The maximum Gasteiger partial charge on any atom is 0.279 e. The van der Waals surface area contributed by atoms with Crippen molar-refractivity contribution in [3.8, 4) is 11.5 Å². The van der Waals surface area contributed by atoms with Crippen molar-refractivity contribution < 1.29 is 19.1 Å². The number of carbonyl (C=O) groups excluding carboxylic acids is 2. The Balaban J connectivity index is 1.61. The van der Waals surface area contributed by atoms with E-state index in [1.165, 1.54) is 13.2 Å². The van der Waals surface area contributed by atoms with Crippen LogP contribution >= 0.6 is 11.6 Å². The first-order valence-corrected chi connectivity index (χ1v) is 7.64. The normalized spacial score (nSPS) is 15.2. The van der Waals surface area contributed by atoms with Crippen LogP contribution in [0.3, 0.4) is 0 Å². The van der Waals surface area contributed by atoms with E-state index >= 15 is 0 Å². The van der Waals surface area contributed by atoms with Crippen LogP contribution in [0.1, 0.15) is 15.9 Å². The Hall–Kier alpha value is -2.73. The van der Waals surface area contributed by atoms with Gasteiger partial charge >= 0.3 is 0 Å². The van der Waals surface area contributed by atoms with Gasteiger partial charge in [-0.05, 0) is 29.8 Å². The van der Waals surface area contributed by atoms with E-state index in [0.29, 0.717) is 22.9 Å². The summed E-state index contributed by atoms with van der Waals surface area (Å²) in [4.78, 5) is 24.4. The zero-order valence-corrected chi connectivity index (χ0v) is 13.6. The Kier molecular flexibility index (Phi) is 4.57. The molecule has 2 N–H and O–H groups in total. The first kappa shape index (κ1) is 16.1. The molecule has 7 heteroatoms. The number of hydrazine groups is 1. The van der Waals surface area contributed by atoms with Crippen molar-refractivity contribution in [1.82, 2.24) is 10.9 Å². The number of nitrogens with one attached hydrogen (secondary N) is 2. The highest BCUT2D eigenvalue weighted by Crippen LogP contribution is 2.28. The summed E-state index contributed by atoms with van der Waals surface area (Å²) < 4.78 is 10.7. The van der Waals surface area contributed by atoms with Crippen molar-refractivity contribution in [3.63, 3.8) is 0 Å². The molecule has 0 aromatic heterocycles. The number of methoxy groups -OCH3 is 1. The molecular formula is C17H15ClN2O4. The lowest BCUT2D eigenvalue weighted by molar-refractivity contribution is -0.128. The molecule has 0 bridgehead atoms. The fourth-order valence-electron chi connectivity index (χ4n) is 2.45. The first-order valence-electron chi connectivity index (χ1n) is 7.27. The van der Waals surface area contributed by atoms with E-state index in [-0.39, 0.29) is 5.56 Å². The van der Waals surface area contributed by atoms with E-state index in [0.717, 1.165) is 5.56 Å². The molecule has 0 saturated heterocycles. The van der Waals surface area contributed by atoms with Crippen LogP contribution in [0.2, 0.25) is 5.02 Å². The Labute approximate surface area is 143 Å². The number of fused-ring (bicyclic) bond motifs is 1. The summed E-state index contributed by atoms with van der Waals surface area (Å²) >= 11 is 5.89. The second-order valence-electron chi connectivity index (χ2n) is 5.21. The second-order valence-corrected chi connectivity index (χ2v) is 5.64. The van der Waals surface area contributed by atoms with Crippen LogP contribution < -0.4 is 20.3 Å². The Morgan fingerprint density at radius 3 is 2.75 bits per heavy atom. The fourth-order valence-corrected chi connectivity index (χ4v) is 2.62. The third-order valence-corrected chi connectivity index (χ3v) is 3.88. The average molecular weight is 347 g/mol. The standard InChI is InChI=1S/C17H15ClN2O4/c1-23-14-7-6-11(18)9-12(14)16(21)19-20-17(22)15-8-10-4-2-3-5-13(10)24-15/h2-7,9,15H,8H2,1H3,(H,19,21)(H,20,22)/t15-/m0/s1. The Morgan fingerprint density at radius 2 is 2.00 bits per heavy atom. The predicted octanol–water partition coefficient (Wildman–Crippen LogP) is 2.11. The molecule has 1 atom stereocenters. The minimum Gasteiger partial charge on any atom is -0.496 e. The average Bonchev–Trinajstić information content (AvgIpc) is 3.03. The van der Waals surface area contributed by atoms with Crippen LogP contribution in [-0.4, -0.2) is 25.0 Å². The molecule has 2 aromatic rings. The molecule has 3 rings (SSSR count). The van der Waals surface area contributed by atoms with Crippen LogP contribution in [0.4, 0.5) is 0 Å². The number of carbonyl (C=O) groups is 2. The van der Waals surface area contributed by atoms with Gasteiger partial charge in [0, 0.05) is 11.4 Å². The van der Waals surface area contributed by atoms with Gasteiger partial charge in [0.05, 0.1) is 12.7 Å². The molecule has 0 fully saturated rings. The molecule has 2 aromatic carbocycles. The van der Waals surface area contributed by atoms with E-state index in [9.17, 15) is 9.59 Å². The third-order valence-electron chi connectivity index (χ3n) is 3.64. The molecule has 24 heavy (non-hydrogen) atoms. The molecule has 1 heterocycles. The van der Waals surface area contributed by atoms with Gasteiger partial charge in [0.2, 0.25) is 0 Å². The molecule has 2 amide bonds. The maximum atomic E-state index is 12.2. The van der Waals surface area contributed by atoms with Gasteiger partial charge in [-0.2, -0.15) is 0 Å². The minimum absolute atomic E-state index is 0.223. The van der Waals surface area contributed by atoms with Crippen LogP contribution in [-0.2, 0) is 11.2 Å². The van der Waals surface area contributed by atoms with Gasteiger partial charge in [0.1, 0.15) is 11.5 Å². The number of hydrogen-bond acceptors (Lipinski definition) is 4. The summed E-state index contributed by atoms with van der Waals surface area (Å²) in [6, 6.07) is 12.1. The lowest BCUT2D eigenvalue weighted by atomic mass is 10.1. The van der Waals surface area contributed by atoms with E-state index in [4.69, 9.17) is 21.1 Å². The maximum absolute atomic E-state index is 12.2.